The number of carbonyl (C=O) groups excluding carboxylic acids is 2. The van der Waals surface area contributed by atoms with Gasteiger partial charge < -0.3 is 10.1 Å². The molecule has 0 fully saturated rings. The van der Waals surface area contributed by atoms with Gasteiger partial charge in [-0.15, -0.1) is 0 Å². The maximum absolute atomic E-state index is 12.5. The van der Waals surface area contributed by atoms with Gasteiger partial charge in [0.2, 0.25) is 5.91 Å². The van der Waals surface area contributed by atoms with Crippen LogP contribution in [0.4, 0.5) is 0 Å². The van der Waals surface area contributed by atoms with Crippen molar-refractivity contribution in [3.63, 3.8) is 0 Å². The standard InChI is InChI=1S/C22H20INO3/c1-27-22(26)20(13-15-7-10-19(23)11-8-15)24-21(25)14-16-6-9-17-4-2-3-5-18(17)12-16/h2-12,20H,13-14H2,1H3,(H,24,25)/t20-/m0/s1. The number of benzene rings is 3. The summed E-state index contributed by atoms with van der Waals surface area (Å²) in [6, 6.07) is 21.1. The van der Waals surface area contributed by atoms with Crippen LogP contribution in [0.25, 0.3) is 10.8 Å². The lowest BCUT2D eigenvalue weighted by Crippen LogP contribution is -2.43. The Balaban J connectivity index is 1.69. The summed E-state index contributed by atoms with van der Waals surface area (Å²) in [5.74, 6) is -0.647. The molecule has 0 heterocycles. The average Bonchev–Trinajstić information content (AvgIpc) is 2.68. The molecule has 1 atom stereocenters. The number of halogens is 1. The molecule has 0 aliphatic heterocycles. The fraction of sp³-hybridized carbons (Fsp3) is 0.182. The molecule has 0 radical (unpaired) electrons. The van der Waals surface area contributed by atoms with Gasteiger partial charge in [0.05, 0.1) is 13.5 Å². The van der Waals surface area contributed by atoms with Crippen LogP contribution in [0.2, 0.25) is 0 Å². The van der Waals surface area contributed by atoms with Crippen molar-refractivity contribution in [2.24, 2.45) is 0 Å². The normalized spacial score (nSPS) is 11.8. The Bertz CT molecular complexity index is 953. The van der Waals surface area contributed by atoms with E-state index in [-0.39, 0.29) is 12.3 Å². The first-order valence-electron chi connectivity index (χ1n) is 8.64. The van der Waals surface area contributed by atoms with Crippen molar-refractivity contribution in [1.29, 1.82) is 0 Å². The van der Waals surface area contributed by atoms with Crippen molar-refractivity contribution in [3.05, 3.63) is 81.4 Å². The van der Waals surface area contributed by atoms with E-state index < -0.39 is 12.0 Å². The largest absolute Gasteiger partial charge is 0.467 e. The molecular formula is C22H20INO3. The van der Waals surface area contributed by atoms with Gasteiger partial charge >= 0.3 is 5.97 Å². The molecular weight excluding hydrogens is 453 g/mol. The number of esters is 1. The van der Waals surface area contributed by atoms with Crippen LogP contribution in [0.15, 0.2) is 66.7 Å². The third-order valence-electron chi connectivity index (χ3n) is 4.35. The number of carbonyl (C=O) groups is 2. The van der Waals surface area contributed by atoms with E-state index in [1.165, 1.54) is 7.11 Å². The van der Waals surface area contributed by atoms with Crippen LogP contribution in [0.5, 0.6) is 0 Å². The summed E-state index contributed by atoms with van der Waals surface area (Å²) in [5.41, 5.74) is 1.88. The molecule has 0 aliphatic carbocycles. The SMILES string of the molecule is COC(=O)[C@H](Cc1ccc(I)cc1)NC(=O)Cc1ccc2ccccc2c1. The van der Waals surface area contributed by atoms with E-state index in [2.05, 4.69) is 27.9 Å². The number of rotatable bonds is 6. The van der Waals surface area contributed by atoms with Crippen LogP contribution >= 0.6 is 22.6 Å². The number of methoxy groups -OCH3 is 1. The van der Waals surface area contributed by atoms with Crippen LogP contribution < -0.4 is 5.32 Å². The van der Waals surface area contributed by atoms with Gasteiger partial charge in [-0.1, -0.05) is 54.6 Å². The highest BCUT2D eigenvalue weighted by Gasteiger charge is 2.22. The topological polar surface area (TPSA) is 55.4 Å². The smallest absolute Gasteiger partial charge is 0.328 e. The summed E-state index contributed by atoms with van der Waals surface area (Å²) in [4.78, 5) is 24.6. The molecule has 5 heteroatoms. The van der Waals surface area contributed by atoms with Crippen LogP contribution in [0, 0.1) is 3.57 Å². The summed E-state index contributed by atoms with van der Waals surface area (Å²) in [6.07, 6.45) is 0.609. The number of amides is 1. The number of fused-ring (bicyclic) bond motifs is 1. The highest BCUT2D eigenvalue weighted by Crippen LogP contribution is 2.16. The fourth-order valence-corrected chi connectivity index (χ4v) is 3.33. The van der Waals surface area contributed by atoms with Gasteiger partial charge in [0.1, 0.15) is 6.04 Å². The van der Waals surface area contributed by atoms with Gasteiger partial charge in [-0.2, -0.15) is 0 Å². The van der Waals surface area contributed by atoms with Gasteiger partial charge in [-0.3, -0.25) is 4.79 Å². The molecule has 138 valence electrons. The summed E-state index contributed by atoms with van der Waals surface area (Å²) >= 11 is 2.23. The Labute approximate surface area is 172 Å². The van der Waals surface area contributed by atoms with Crippen molar-refractivity contribution in [3.8, 4) is 0 Å². The van der Waals surface area contributed by atoms with E-state index in [0.29, 0.717) is 6.42 Å². The third kappa shape index (κ3) is 5.29. The Hall–Kier alpha value is -2.41. The van der Waals surface area contributed by atoms with Crippen LogP contribution in [-0.4, -0.2) is 25.0 Å². The van der Waals surface area contributed by atoms with Gasteiger partial charge in [-0.05, 0) is 56.6 Å². The van der Waals surface area contributed by atoms with E-state index in [1.54, 1.807) is 0 Å². The fourth-order valence-electron chi connectivity index (χ4n) is 2.97. The second kappa shape index (κ2) is 8.99. The quantitative estimate of drug-likeness (QED) is 0.437. The second-order valence-corrected chi connectivity index (χ2v) is 7.58. The molecule has 3 aromatic carbocycles. The van der Waals surface area contributed by atoms with Gasteiger partial charge in [0.15, 0.2) is 0 Å². The number of hydrogen-bond acceptors (Lipinski definition) is 3. The lowest BCUT2D eigenvalue weighted by molar-refractivity contribution is -0.145. The molecule has 3 aromatic rings. The number of ether oxygens (including phenoxy) is 1. The number of nitrogens with one attached hydrogen (secondary N) is 1. The first kappa shape index (κ1) is 19.4. The zero-order chi connectivity index (χ0) is 19.2. The molecule has 1 amide bonds. The summed E-state index contributed by atoms with van der Waals surface area (Å²) in [5, 5.41) is 5.03. The second-order valence-electron chi connectivity index (χ2n) is 6.33. The Morgan fingerprint density at radius 1 is 0.963 bits per heavy atom. The van der Waals surface area contributed by atoms with Crippen molar-refractivity contribution in [2.45, 2.75) is 18.9 Å². The first-order chi connectivity index (χ1) is 13.0. The Morgan fingerprint density at radius 2 is 1.63 bits per heavy atom. The summed E-state index contributed by atoms with van der Waals surface area (Å²) in [6.45, 7) is 0. The van der Waals surface area contributed by atoms with Crippen LogP contribution in [0.3, 0.4) is 0 Å². The molecule has 0 aromatic heterocycles. The summed E-state index contributed by atoms with van der Waals surface area (Å²) < 4.78 is 5.98. The minimum atomic E-state index is -0.706. The molecule has 0 saturated carbocycles. The van der Waals surface area contributed by atoms with E-state index in [4.69, 9.17) is 4.74 Å². The molecule has 0 bridgehead atoms. The first-order valence-corrected chi connectivity index (χ1v) is 9.72. The lowest BCUT2D eigenvalue weighted by atomic mass is 10.0. The molecule has 0 saturated heterocycles. The summed E-state index contributed by atoms with van der Waals surface area (Å²) in [7, 11) is 1.33. The van der Waals surface area contributed by atoms with Crippen LogP contribution in [0.1, 0.15) is 11.1 Å². The lowest BCUT2D eigenvalue weighted by Gasteiger charge is -2.17. The van der Waals surface area contributed by atoms with Crippen LogP contribution in [-0.2, 0) is 27.2 Å². The van der Waals surface area contributed by atoms with E-state index >= 15 is 0 Å². The minimum Gasteiger partial charge on any atom is -0.467 e. The predicted molar refractivity (Wildman–Crippen MR) is 114 cm³/mol. The van der Waals surface area contributed by atoms with Crippen molar-refractivity contribution in [2.75, 3.05) is 7.11 Å². The zero-order valence-corrected chi connectivity index (χ0v) is 17.1. The Morgan fingerprint density at radius 3 is 2.33 bits per heavy atom. The highest BCUT2D eigenvalue weighted by molar-refractivity contribution is 14.1. The minimum absolute atomic E-state index is 0.203. The molecule has 0 unspecified atom stereocenters. The molecule has 4 nitrogen and oxygen atoms in total. The van der Waals surface area contributed by atoms with Crippen molar-refractivity contribution >= 4 is 45.2 Å². The van der Waals surface area contributed by atoms with E-state index in [1.807, 2.05) is 66.7 Å². The molecule has 0 spiro atoms. The van der Waals surface area contributed by atoms with E-state index in [9.17, 15) is 9.59 Å². The number of hydrogen-bond donors (Lipinski definition) is 1. The van der Waals surface area contributed by atoms with E-state index in [0.717, 1.165) is 25.5 Å². The highest BCUT2D eigenvalue weighted by atomic mass is 127. The maximum Gasteiger partial charge on any atom is 0.328 e. The Kier molecular flexibility index (Phi) is 6.45. The van der Waals surface area contributed by atoms with Gasteiger partial charge in [0.25, 0.3) is 0 Å². The van der Waals surface area contributed by atoms with Gasteiger partial charge in [-0.25, -0.2) is 4.79 Å². The molecule has 27 heavy (non-hydrogen) atoms. The average molecular weight is 473 g/mol. The van der Waals surface area contributed by atoms with Gasteiger partial charge in [0, 0.05) is 9.99 Å². The zero-order valence-electron chi connectivity index (χ0n) is 14.9. The van der Waals surface area contributed by atoms with Crippen molar-refractivity contribution < 1.29 is 14.3 Å². The van der Waals surface area contributed by atoms with Crippen molar-refractivity contribution in [1.82, 2.24) is 5.32 Å². The monoisotopic (exact) mass is 473 g/mol. The molecule has 1 N–H and O–H groups in total. The molecule has 3 rings (SSSR count). The third-order valence-corrected chi connectivity index (χ3v) is 5.07. The molecule has 0 aliphatic rings. The predicted octanol–water partition coefficient (Wildman–Crippen LogP) is 3.89. The maximum atomic E-state index is 12.5.